The molecule has 1 aliphatic heterocycles. The van der Waals surface area contributed by atoms with Gasteiger partial charge in [0.05, 0.1) is 5.75 Å². The lowest BCUT2D eigenvalue weighted by Gasteiger charge is -2.09. The number of carbonyl (C=O) groups is 2. The van der Waals surface area contributed by atoms with Crippen LogP contribution in [0.25, 0.3) is 0 Å². The van der Waals surface area contributed by atoms with Crippen molar-refractivity contribution >= 4 is 22.1 Å². The summed E-state index contributed by atoms with van der Waals surface area (Å²) in [5.74, 6) is -1.36. The molecule has 0 aromatic rings. The fourth-order valence-electron chi connectivity index (χ4n) is 0.915. The van der Waals surface area contributed by atoms with Crippen molar-refractivity contribution in [2.24, 2.45) is 0 Å². The average molecular weight is 220 g/mol. The van der Waals surface area contributed by atoms with E-state index < -0.39 is 27.8 Å². The monoisotopic (exact) mass is 220 g/mol. The first kappa shape index (κ1) is 10.7. The highest BCUT2D eigenvalue weighted by molar-refractivity contribution is 7.85. The van der Waals surface area contributed by atoms with Gasteiger partial charge in [0, 0.05) is 6.54 Å². The van der Waals surface area contributed by atoms with Crippen LogP contribution in [0.15, 0.2) is 12.3 Å². The van der Waals surface area contributed by atoms with Crippen LogP contribution in [0.1, 0.15) is 0 Å². The highest BCUT2D eigenvalue weighted by Gasteiger charge is 2.32. The van der Waals surface area contributed by atoms with Gasteiger partial charge < -0.3 is 5.32 Å². The van der Waals surface area contributed by atoms with E-state index in [0.717, 1.165) is 0 Å². The Bertz CT molecular complexity index is 398. The van der Waals surface area contributed by atoms with E-state index in [1.54, 1.807) is 0 Å². The number of carbonyl (C=O) groups excluding carboxylic acids is 2. The average Bonchev–Trinajstić information content (AvgIpc) is 2.23. The molecule has 0 saturated carbocycles. The summed E-state index contributed by atoms with van der Waals surface area (Å²) >= 11 is 0. The van der Waals surface area contributed by atoms with E-state index in [0.29, 0.717) is 4.90 Å². The summed E-state index contributed by atoms with van der Waals surface area (Å²) < 4.78 is 29.1. The highest BCUT2D eigenvalue weighted by Crippen LogP contribution is 2.06. The van der Waals surface area contributed by atoms with Gasteiger partial charge in [-0.2, -0.15) is 8.42 Å². The Morgan fingerprint density at radius 2 is 2.00 bits per heavy atom. The Morgan fingerprint density at radius 1 is 1.43 bits per heavy atom. The van der Waals surface area contributed by atoms with Crippen molar-refractivity contribution in [2.75, 3.05) is 12.3 Å². The second-order valence-corrected chi connectivity index (χ2v) is 4.22. The lowest BCUT2D eigenvalue weighted by molar-refractivity contribution is -0.122. The van der Waals surface area contributed by atoms with E-state index in [-0.39, 0.29) is 12.2 Å². The Balaban J connectivity index is 2.66. The third-order valence-corrected chi connectivity index (χ3v) is 2.28. The fraction of sp³-hybridized carbons (Fsp3) is 0.333. The molecule has 0 aromatic carbocycles. The van der Waals surface area contributed by atoms with Gasteiger partial charge in [-0.25, -0.2) is 4.79 Å². The van der Waals surface area contributed by atoms with Crippen LogP contribution in [0.5, 0.6) is 0 Å². The van der Waals surface area contributed by atoms with E-state index >= 15 is 0 Å². The molecule has 1 saturated heterocycles. The van der Waals surface area contributed by atoms with E-state index in [4.69, 9.17) is 4.55 Å². The predicted octanol–water partition coefficient (Wildman–Crippen LogP) is -1.06. The minimum atomic E-state index is -4.18. The lowest BCUT2D eigenvalue weighted by atomic mass is 10.5. The van der Waals surface area contributed by atoms with Crippen LogP contribution in [-0.2, 0) is 14.9 Å². The molecule has 0 unspecified atom stereocenters. The maximum Gasteiger partial charge on any atom is 0.329 e. The normalized spacial score (nSPS) is 17.5. The molecule has 0 bridgehead atoms. The molecule has 0 atom stereocenters. The van der Waals surface area contributed by atoms with Crippen LogP contribution in [0, 0.1) is 0 Å². The molecule has 0 aromatic heterocycles. The van der Waals surface area contributed by atoms with Crippen LogP contribution < -0.4 is 5.32 Å². The quantitative estimate of drug-likeness (QED) is 0.358. The molecule has 0 aliphatic carbocycles. The van der Waals surface area contributed by atoms with E-state index in [1.165, 1.54) is 0 Å². The van der Waals surface area contributed by atoms with Gasteiger partial charge in [0.1, 0.15) is 5.70 Å². The molecule has 8 heteroatoms. The first-order chi connectivity index (χ1) is 6.31. The molecule has 78 valence electrons. The van der Waals surface area contributed by atoms with Crippen LogP contribution in [0.4, 0.5) is 4.79 Å². The molecule has 1 fully saturated rings. The van der Waals surface area contributed by atoms with E-state index in [2.05, 4.69) is 11.9 Å². The highest BCUT2D eigenvalue weighted by atomic mass is 32.2. The number of amides is 3. The summed E-state index contributed by atoms with van der Waals surface area (Å²) in [6.07, 6.45) is 0. The number of hydrogen-bond acceptors (Lipinski definition) is 4. The van der Waals surface area contributed by atoms with E-state index in [1.807, 2.05) is 0 Å². The van der Waals surface area contributed by atoms with Crippen LogP contribution in [0.2, 0.25) is 0 Å². The zero-order valence-corrected chi connectivity index (χ0v) is 7.87. The number of rotatable bonds is 3. The molecule has 0 radical (unpaired) electrons. The first-order valence-corrected chi connectivity index (χ1v) is 5.19. The zero-order chi connectivity index (χ0) is 10.9. The number of nitrogens with zero attached hydrogens (tertiary/aromatic N) is 1. The summed E-state index contributed by atoms with van der Waals surface area (Å²) in [7, 11) is -4.18. The zero-order valence-electron chi connectivity index (χ0n) is 7.06. The molecule has 3 amide bonds. The van der Waals surface area contributed by atoms with Gasteiger partial charge >= 0.3 is 6.03 Å². The first-order valence-electron chi connectivity index (χ1n) is 3.58. The topological polar surface area (TPSA) is 104 Å². The van der Waals surface area contributed by atoms with Gasteiger partial charge in [-0.05, 0) is 0 Å². The van der Waals surface area contributed by atoms with Gasteiger partial charge in [0.15, 0.2) is 0 Å². The molecule has 1 aliphatic rings. The Morgan fingerprint density at radius 3 is 2.36 bits per heavy atom. The van der Waals surface area contributed by atoms with Crippen molar-refractivity contribution in [3.63, 3.8) is 0 Å². The molecule has 2 N–H and O–H groups in total. The SMILES string of the molecule is C=C1NC(=O)N(CCS(=O)(=O)O)C1=O. The maximum atomic E-state index is 11.1. The van der Waals surface area contributed by atoms with Crippen molar-refractivity contribution < 1.29 is 22.6 Å². The van der Waals surface area contributed by atoms with Crippen molar-refractivity contribution in [3.05, 3.63) is 12.3 Å². The fourth-order valence-corrected chi connectivity index (χ4v) is 1.33. The van der Waals surface area contributed by atoms with Crippen molar-refractivity contribution in [2.45, 2.75) is 0 Å². The molecular formula is C6H8N2O5S. The van der Waals surface area contributed by atoms with Gasteiger partial charge in [-0.3, -0.25) is 14.2 Å². The summed E-state index contributed by atoms with van der Waals surface area (Å²) in [6.45, 7) is 2.86. The van der Waals surface area contributed by atoms with Gasteiger partial charge in [-0.15, -0.1) is 0 Å². The molecule has 1 rings (SSSR count). The molecular weight excluding hydrogens is 212 g/mol. The second kappa shape index (κ2) is 3.39. The summed E-state index contributed by atoms with van der Waals surface area (Å²) in [4.78, 5) is 22.7. The summed E-state index contributed by atoms with van der Waals surface area (Å²) in [5, 5.41) is 2.12. The predicted molar refractivity (Wildman–Crippen MR) is 45.8 cm³/mol. The van der Waals surface area contributed by atoms with E-state index in [9.17, 15) is 18.0 Å². The van der Waals surface area contributed by atoms with Crippen LogP contribution in [0.3, 0.4) is 0 Å². The van der Waals surface area contributed by atoms with Gasteiger partial charge in [-0.1, -0.05) is 6.58 Å². The largest absolute Gasteiger partial charge is 0.329 e. The third kappa shape index (κ3) is 2.30. The van der Waals surface area contributed by atoms with Crippen LogP contribution in [-0.4, -0.2) is 42.1 Å². The number of hydrogen-bond donors (Lipinski definition) is 2. The Hall–Kier alpha value is -1.41. The third-order valence-electron chi connectivity index (χ3n) is 1.58. The Labute approximate surface area is 80.1 Å². The summed E-state index contributed by atoms with van der Waals surface area (Å²) in [6, 6.07) is -0.733. The standard InChI is InChI=1S/C6H8N2O5S/c1-4-5(9)8(6(10)7-4)2-3-14(11,12)13/h1-3H2,(H,7,10)(H,11,12,13). The molecule has 14 heavy (non-hydrogen) atoms. The molecule has 0 spiro atoms. The van der Waals surface area contributed by atoms with Gasteiger partial charge in [0.25, 0.3) is 16.0 Å². The second-order valence-electron chi connectivity index (χ2n) is 2.65. The number of nitrogens with one attached hydrogen (secondary N) is 1. The van der Waals surface area contributed by atoms with Crippen molar-refractivity contribution in [3.8, 4) is 0 Å². The number of urea groups is 1. The smallest absolute Gasteiger partial charge is 0.303 e. The molecule has 1 heterocycles. The molecule has 7 nitrogen and oxygen atoms in total. The van der Waals surface area contributed by atoms with Crippen molar-refractivity contribution in [1.29, 1.82) is 0 Å². The minimum absolute atomic E-state index is 0.106. The maximum absolute atomic E-state index is 11.1. The Kier molecular flexibility index (Phi) is 2.58. The van der Waals surface area contributed by atoms with Crippen LogP contribution >= 0.6 is 0 Å². The van der Waals surface area contributed by atoms with Crippen molar-refractivity contribution in [1.82, 2.24) is 10.2 Å². The lowest BCUT2D eigenvalue weighted by Crippen LogP contribution is -2.35. The minimum Gasteiger partial charge on any atom is -0.303 e. The van der Waals surface area contributed by atoms with Gasteiger partial charge in [0.2, 0.25) is 0 Å². The number of imide groups is 1. The summed E-state index contributed by atoms with van der Waals surface area (Å²) in [5.41, 5.74) is -0.106.